The standard InChI is InChI=1S/C35H52ClO2P/c1-6-15-25-22-26(16-7-2)32(27(23-25)17-8-3)33-31(37-4)24-30(36)34(38-5)35(33)39(28-18-11-9-12-19-28)29-20-13-10-14-21-29/h22-24,28-29H,6-21H2,1-5H3. The molecule has 2 nitrogen and oxygen atoms in total. The van der Waals surface area contributed by atoms with Crippen molar-refractivity contribution in [3.63, 3.8) is 0 Å². The van der Waals surface area contributed by atoms with E-state index in [2.05, 4.69) is 32.9 Å². The first kappa shape index (κ1) is 30.7. The van der Waals surface area contributed by atoms with E-state index in [9.17, 15) is 0 Å². The molecular formula is C35H52ClO2P. The zero-order chi connectivity index (χ0) is 27.8. The Morgan fingerprint density at radius 3 is 1.64 bits per heavy atom. The topological polar surface area (TPSA) is 18.5 Å². The van der Waals surface area contributed by atoms with Gasteiger partial charge in [-0.1, -0.05) is 110 Å². The average molecular weight is 571 g/mol. The fourth-order valence-corrected chi connectivity index (χ4v) is 11.8. The van der Waals surface area contributed by atoms with Gasteiger partial charge in [0.05, 0.1) is 19.2 Å². The predicted molar refractivity (Wildman–Crippen MR) is 172 cm³/mol. The summed E-state index contributed by atoms with van der Waals surface area (Å²) in [7, 11) is 3.22. The molecule has 39 heavy (non-hydrogen) atoms. The minimum atomic E-state index is -0.448. The Kier molecular flexibility index (Phi) is 11.9. The van der Waals surface area contributed by atoms with Crippen molar-refractivity contribution in [2.45, 2.75) is 135 Å². The van der Waals surface area contributed by atoms with Gasteiger partial charge in [-0.25, -0.2) is 0 Å². The Morgan fingerprint density at radius 2 is 1.21 bits per heavy atom. The number of hydrogen-bond donors (Lipinski definition) is 0. The average Bonchev–Trinajstić information content (AvgIpc) is 2.95. The molecule has 4 rings (SSSR count). The lowest BCUT2D eigenvalue weighted by molar-refractivity contribution is 0.407. The Hall–Kier alpha value is -1.24. The minimum Gasteiger partial charge on any atom is -0.496 e. The third kappa shape index (κ3) is 6.98. The predicted octanol–water partition coefficient (Wildman–Crippen LogP) is 10.7. The van der Waals surface area contributed by atoms with E-state index < -0.39 is 7.92 Å². The number of rotatable bonds is 12. The van der Waals surface area contributed by atoms with Crippen LogP contribution in [0.2, 0.25) is 5.02 Å². The first-order valence-electron chi connectivity index (χ1n) is 16.0. The van der Waals surface area contributed by atoms with E-state index in [0.717, 1.165) is 54.9 Å². The van der Waals surface area contributed by atoms with Gasteiger partial charge in [-0.05, 0) is 78.5 Å². The van der Waals surface area contributed by atoms with E-state index in [1.54, 1.807) is 0 Å². The maximum atomic E-state index is 7.07. The maximum Gasteiger partial charge on any atom is 0.146 e. The maximum absolute atomic E-state index is 7.07. The van der Waals surface area contributed by atoms with Crippen molar-refractivity contribution in [2.24, 2.45) is 0 Å². The van der Waals surface area contributed by atoms with Crippen molar-refractivity contribution in [3.8, 4) is 22.6 Å². The molecule has 0 N–H and O–H groups in total. The molecule has 0 bridgehead atoms. The molecule has 2 aliphatic rings. The molecule has 2 saturated carbocycles. The molecule has 2 aromatic carbocycles. The summed E-state index contributed by atoms with van der Waals surface area (Å²) in [6, 6.07) is 7.06. The second kappa shape index (κ2) is 15.1. The van der Waals surface area contributed by atoms with Gasteiger partial charge in [0.25, 0.3) is 0 Å². The zero-order valence-corrected chi connectivity index (χ0v) is 27.0. The van der Waals surface area contributed by atoms with Crippen LogP contribution in [0, 0.1) is 0 Å². The molecule has 0 saturated heterocycles. The number of ether oxygens (including phenoxy) is 2. The minimum absolute atomic E-state index is 0.448. The summed E-state index contributed by atoms with van der Waals surface area (Å²) in [5, 5.41) is 2.14. The second-order valence-electron chi connectivity index (χ2n) is 11.8. The van der Waals surface area contributed by atoms with Gasteiger partial charge in [0.2, 0.25) is 0 Å². The zero-order valence-electron chi connectivity index (χ0n) is 25.3. The van der Waals surface area contributed by atoms with Gasteiger partial charge >= 0.3 is 0 Å². The quantitative estimate of drug-likeness (QED) is 0.236. The van der Waals surface area contributed by atoms with Crippen LogP contribution in [-0.2, 0) is 19.3 Å². The van der Waals surface area contributed by atoms with Gasteiger partial charge in [-0.15, -0.1) is 0 Å². The Balaban J connectivity index is 2.07. The molecule has 0 unspecified atom stereocenters. The molecule has 0 aliphatic heterocycles. The van der Waals surface area contributed by atoms with E-state index in [1.807, 2.05) is 20.3 Å². The second-order valence-corrected chi connectivity index (χ2v) is 15.0. The summed E-state index contributed by atoms with van der Waals surface area (Å²) >= 11 is 7.07. The molecule has 0 aromatic heterocycles. The summed E-state index contributed by atoms with van der Waals surface area (Å²) < 4.78 is 12.6. The van der Waals surface area contributed by atoms with Crippen LogP contribution in [0.25, 0.3) is 11.1 Å². The third-order valence-electron chi connectivity index (χ3n) is 8.98. The van der Waals surface area contributed by atoms with E-state index >= 15 is 0 Å². The van der Waals surface area contributed by atoms with Crippen LogP contribution >= 0.6 is 19.5 Å². The lowest BCUT2D eigenvalue weighted by Crippen LogP contribution is -2.28. The molecule has 2 aliphatic carbocycles. The van der Waals surface area contributed by atoms with Gasteiger partial charge < -0.3 is 9.47 Å². The first-order chi connectivity index (χ1) is 19.1. The molecular weight excluding hydrogens is 519 g/mol. The van der Waals surface area contributed by atoms with Crippen LogP contribution < -0.4 is 14.8 Å². The number of aryl methyl sites for hydroxylation is 3. The van der Waals surface area contributed by atoms with Crippen LogP contribution in [0.5, 0.6) is 11.5 Å². The highest BCUT2D eigenvalue weighted by Gasteiger charge is 2.38. The Labute approximate surface area is 245 Å². The third-order valence-corrected chi connectivity index (χ3v) is 12.8. The summed E-state index contributed by atoms with van der Waals surface area (Å²) in [4.78, 5) is 0. The summed E-state index contributed by atoms with van der Waals surface area (Å²) in [6.07, 6.45) is 20.3. The normalized spacial score (nSPS) is 17.1. The van der Waals surface area contributed by atoms with Crippen molar-refractivity contribution >= 4 is 24.8 Å². The van der Waals surface area contributed by atoms with Crippen molar-refractivity contribution in [1.29, 1.82) is 0 Å². The molecule has 0 heterocycles. The van der Waals surface area contributed by atoms with Gasteiger partial charge in [0.1, 0.15) is 11.5 Å². The van der Waals surface area contributed by atoms with Crippen LogP contribution in [0.4, 0.5) is 0 Å². The van der Waals surface area contributed by atoms with Crippen molar-refractivity contribution < 1.29 is 9.47 Å². The highest BCUT2D eigenvalue weighted by atomic mass is 35.5. The van der Waals surface area contributed by atoms with Gasteiger partial charge in [-0.3, -0.25) is 0 Å². The number of benzene rings is 2. The SMILES string of the molecule is CCCc1cc(CCC)c(-c2c(OC)cc(Cl)c(OC)c2P(C2CCCCC2)C2CCCCC2)c(CCC)c1. The fourth-order valence-electron chi connectivity index (χ4n) is 7.35. The molecule has 2 aromatic rings. The van der Waals surface area contributed by atoms with Crippen molar-refractivity contribution in [2.75, 3.05) is 14.2 Å². The van der Waals surface area contributed by atoms with Crippen LogP contribution in [0.3, 0.4) is 0 Å². The lowest BCUT2D eigenvalue weighted by atomic mass is 9.87. The molecule has 0 radical (unpaired) electrons. The van der Waals surface area contributed by atoms with Crippen LogP contribution in [-0.4, -0.2) is 25.5 Å². The molecule has 2 fully saturated rings. The largest absolute Gasteiger partial charge is 0.496 e. The molecule has 216 valence electrons. The summed E-state index contributed by atoms with van der Waals surface area (Å²) in [5.41, 5.74) is 8.69. The Bertz CT molecular complexity index is 1020. The number of halogens is 1. The van der Waals surface area contributed by atoms with Crippen molar-refractivity contribution in [3.05, 3.63) is 39.9 Å². The van der Waals surface area contributed by atoms with E-state index in [0.29, 0.717) is 5.02 Å². The smallest absolute Gasteiger partial charge is 0.146 e. The summed E-state index contributed by atoms with van der Waals surface area (Å²) in [6.45, 7) is 6.92. The molecule has 0 amide bonds. The Morgan fingerprint density at radius 1 is 0.692 bits per heavy atom. The van der Waals surface area contributed by atoms with Crippen LogP contribution in [0.1, 0.15) is 121 Å². The highest BCUT2D eigenvalue weighted by molar-refractivity contribution is 7.67. The fraction of sp³-hybridized carbons (Fsp3) is 0.657. The van der Waals surface area contributed by atoms with E-state index in [-0.39, 0.29) is 0 Å². The summed E-state index contributed by atoms with van der Waals surface area (Å²) in [5.74, 6) is 1.87. The highest BCUT2D eigenvalue weighted by Crippen LogP contribution is 2.60. The van der Waals surface area contributed by atoms with Gasteiger partial charge in [-0.2, -0.15) is 0 Å². The van der Waals surface area contributed by atoms with E-state index in [4.69, 9.17) is 21.1 Å². The molecule has 4 heteroatoms. The van der Waals surface area contributed by atoms with Crippen LogP contribution in [0.15, 0.2) is 18.2 Å². The monoisotopic (exact) mass is 570 g/mol. The van der Waals surface area contributed by atoms with Gasteiger partial charge in [0, 0.05) is 16.9 Å². The molecule has 0 spiro atoms. The lowest BCUT2D eigenvalue weighted by Gasteiger charge is -2.41. The number of methoxy groups -OCH3 is 2. The molecule has 0 atom stereocenters. The number of hydrogen-bond acceptors (Lipinski definition) is 2. The van der Waals surface area contributed by atoms with E-state index in [1.165, 1.54) is 104 Å². The van der Waals surface area contributed by atoms with Gasteiger partial charge in [0.15, 0.2) is 0 Å². The first-order valence-corrected chi connectivity index (χ1v) is 17.8. The van der Waals surface area contributed by atoms with Crippen molar-refractivity contribution in [1.82, 2.24) is 0 Å².